The summed E-state index contributed by atoms with van der Waals surface area (Å²) in [6.07, 6.45) is 1.20. The van der Waals surface area contributed by atoms with Gasteiger partial charge in [0.25, 0.3) is 17.9 Å². The number of hydrogen-bond donors (Lipinski definition) is 5. The molecule has 0 radical (unpaired) electrons. The van der Waals surface area contributed by atoms with Crippen LogP contribution in [0.4, 0.5) is 5.13 Å². The number of anilines is 1. The number of β-lactam (4-membered cyclic amide) rings is 1. The van der Waals surface area contributed by atoms with Gasteiger partial charge in [-0.05, 0) is 51.6 Å². The lowest BCUT2D eigenvalue weighted by atomic mass is 9.84. The van der Waals surface area contributed by atoms with Crippen LogP contribution < -0.4 is 26.2 Å². The Labute approximate surface area is 273 Å². The van der Waals surface area contributed by atoms with Gasteiger partial charge in [-0.25, -0.2) is 9.78 Å². The van der Waals surface area contributed by atoms with Crippen LogP contribution in [-0.2, 0) is 47.5 Å². The van der Waals surface area contributed by atoms with E-state index in [0.29, 0.717) is 17.4 Å². The molecule has 4 rings (SSSR count). The van der Waals surface area contributed by atoms with Gasteiger partial charge in [0.1, 0.15) is 29.8 Å². The van der Waals surface area contributed by atoms with E-state index in [2.05, 4.69) is 24.4 Å². The average Bonchev–Trinajstić information content (AvgIpc) is 3.55. The number of nitrogen functional groups attached to an aromatic ring is 1. The Hall–Kier alpha value is -4.63. The fourth-order valence-corrected chi connectivity index (χ4v) is 5.80. The molecule has 7 N–H and O–H groups in total. The maximum atomic E-state index is 13.2. The van der Waals surface area contributed by atoms with E-state index in [4.69, 9.17) is 25.6 Å². The Balaban J connectivity index is 1.46. The van der Waals surface area contributed by atoms with Gasteiger partial charge >= 0.3 is 16.4 Å². The van der Waals surface area contributed by atoms with Crippen molar-refractivity contribution in [2.24, 2.45) is 17.9 Å². The fraction of sp³-hybridized carbons (Fsp3) is 0.407. The first-order chi connectivity index (χ1) is 22.0. The van der Waals surface area contributed by atoms with Gasteiger partial charge in [-0.2, -0.15) is 18.2 Å². The molecule has 0 bridgehead atoms. The number of oxime groups is 1. The number of aliphatic carboxylic acids is 1. The van der Waals surface area contributed by atoms with E-state index in [9.17, 15) is 27.9 Å². The quantitative estimate of drug-likeness (QED) is 0.0453. The highest BCUT2D eigenvalue weighted by atomic mass is 32.3. The van der Waals surface area contributed by atoms with Crippen molar-refractivity contribution >= 4 is 50.4 Å². The van der Waals surface area contributed by atoms with E-state index in [-0.39, 0.29) is 10.8 Å². The van der Waals surface area contributed by atoms with E-state index in [1.54, 1.807) is 12.1 Å². The van der Waals surface area contributed by atoms with E-state index < -0.39 is 58.2 Å². The number of carbonyl (C=O) groups excluding carboxylic acids is 2. The number of nitrogens with one attached hydrogen (secondary N) is 1. The highest BCUT2D eigenvalue weighted by molar-refractivity contribution is 7.80. The molecule has 1 aliphatic rings. The number of ether oxygens (including phenoxy) is 1. The van der Waals surface area contributed by atoms with Gasteiger partial charge in [-0.1, -0.05) is 5.16 Å². The standard InChI is InChI=1S/C27H34N8O10S2/c1-15-12-34(11-5-10-28)33(4)21(15)16-6-8-17(9-7-16)43-13-19(25(38)39)44-32-20(18-14-46-26(29)30-18)23(36)31-22-24(37)35(27(22,2)3)45-47(40,41)42/h6-9,12,14,19,22H,5,10-11,13,28H2,1-4H3,(H4-,29,30,31,36,38,39,40,41,42)/p+1. The molecule has 2 amide bonds. The van der Waals surface area contributed by atoms with Gasteiger partial charge in [0.2, 0.25) is 0 Å². The third-order valence-corrected chi connectivity index (χ3v) is 8.20. The van der Waals surface area contributed by atoms with Crippen molar-refractivity contribution in [3.8, 4) is 17.0 Å². The lowest BCUT2D eigenvalue weighted by Crippen LogP contribution is -2.76. The molecule has 254 valence electrons. The number of carboxylic acid groups (broad SMARTS) is 1. The third-order valence-electron chi connectivity index (χ3n) is 7.19. The lowest BCUT2D eigenvalue weighted by Gasteiger charge is -2.50. The van der Waals surface area contributed by atoms with Crippen molar-refractivity contribution in [2.75, 3.05) is 18.9 Å². The summed E-state index contributed by atoms with van der Waals surface area (Å²) in [5, 5.41) is 17.7. The Morgan fingerprint density at radius 1 is 1.28 bits per heavy atom. The summed E-state index contributed by atoms with van der Waals surface area (Å²) < 4.78 is 45.2. The molecule has 1 saturated heterocycles. The highest BCUT2D eigenvalue weighted by Crippen LogP contribution is 2.33. The SMILES string of the molecule is Cc1c[n+](CCCN)n(C)c1-c1ccc(OCC(ON=C(C(=O)NC2C(=O)N(OS(=O)(=O)O)C2(C)C)c2csc(N)n2)C(=O)O)cc1. The first-order valence-corrected chi connectivity index (χ1v) is 16.3. The largest absolute Gasteiger partial charge is 0.489 e. The predicted molar refractivity (Wildman–Crippen MR) is 166 cm³/mol. The number of carboxylic acids is 1. The number of nitrogens with zero attached hydrogens (tertiary/aromatic N) is 5. The first-order valence-electron chi connectivity index (χ1n) is 14.0. The van der Waals surface area contributed by atoms with Gasteiger partial charge in [0.15, 0.2) is 23.6 Å². The minimum absolute atomic E-state index is 0.0609. The molecule has 47 heavy (non-hydrogen) atoms. The molecule has 1 fully saturated rings. The zero-order valence-corrected chi connectivity index (χ0v) is 27.4. The third kappa shape index (κ3) is 8.03. The average molecular weight is 696 g/mol. The molecule has 2 unspecified atom stereocenters. The number of aryl methyl sites for hydroxylation is 2. The molecule has 2 atom stereocenters. The minimum Gasteiger partial charge on any atom is -0.489 e. The zero-order valence-electron chi connectivity index (χ0n) is 25.8. The van der Waals surface area contributed by atoms with Crippen molar-refractivity contribution in [2.45, 2.75) is 51.4 Å². The summed E-state index contributed by atoms with van der Waals surface area (Å²) >= 11 is 0.961. The lowest BCUT2D eigenvalue weighted by molar-refractivity contribution is -0.772. The summed E-state index contributed by atoms with van der Waals surface area (Å²) in [4.78, 5) is 46.9. The summed E-state index contributed by atoms with van der Waals surface area (Å²) in [6, 6.07) is 5.70. The predicted octanol–water partition coefficient (Wildman–Crippen LogP) is -0.232. The van der Waals surface area contributed by atoms with E-state index >= 15 is 0 Å². The fourth-order valence-electron chi connectivity index (χ4n) is 4.80. The molecule has 1 aromatic carbocycles. The molecular formula is C27H35N8O10S2+. The van der Waals surface area contributed by atoms with Gasteiger partial charge in [0.05, 0.1) is 12.6 Å². The number of hydrogen-bond acceptors (Lipinski definition) is 13. The van der Waals surface area contributed by atoms with Gasteiger partial charge in [0, 0.05) is 22.9 Å². The van der Waals surface area contributed by atoms with Crippen LogP contribution >= 0.6 is 11.3 Å². The first kappa shape index (κ1) is 35.2. The summed E-state index contributed by atoms with van der Waals surface area (Å²) in [5.41, 5.74) is 12.3. The number of aromatic nitrogens is 3. The molecule has 0 spiro atoms. The second-order valence-corrected chi connectivity index (χ2v) is 12.9. The number of carbonyl (C=O) groups is 3. The molecule has 1 aliphatic heterocycles. The van der Waals surface area contributed by atoms with E-state index in [0.717, 1.165) is 41.1 Å². The van der Waals surface area contributed by atoms with Crippen LogP contribution in [0.25, 0.3) is 11.3 Å². The second kappa shape index (κ2) is 14.0. The molecule has 3 heterocycles. The normalized spacial score (nSPS) is 16.8. The number of nitrogens with two attached hydrogens (primary N) is 2. The van der Waals surface area contributed by atoms with Crippen LogP contribution in [0.3, 0.4) is 0 Å². The Bertz CT molecular complexity index is 1790. The van der Waals surface area contributed by atoms with Gasteiger partial charge < -0.3 is 31.5 Å². The molecule has 0 saturated carbocycles. The smallest absolute Gasteiger partial charge is 0.418 e. The number of thiazole rings is 1. The van der Waals surface area contributed by atoms with Crippen molar-refractivity contribution in [1.82, 2.24) is 20.0 Å². The monoisotopic (exact) mass is 695 g/mol. The van der Waals surface area contributed by atoms with Crippen LogP contribution in [0.15, 0.2) is 41.0 Å². The van der Waals surface area contributed by atoms with Crippen molar-refractivity contribution in [3.05, 3.63) is 47.1 Å². The zero-order chi connectivity index (χ0) is 34.7. The minimum atomic E-state index is -5.02. The molecular weight excluding hydrogens is 660 g/mol. The molecule has 0 aliphatic carbocycles. The number of amides is 2. The topological polar surface area (TPSA) is 255 Å². The van der Waals surface area contributed by atoms with Crippen molar-refractivity contribution in [1.29, 1.82) is 0 Å². The molecule has 3 aromatic rings. The van der Waals surface area contributed by atoms with E-state index in [1.807, 2.05) is 37.0 Å². The van der Waals surface area contributed by atoms with Crippen LogP contribution in [0.5, 0.6) is 5.75 Å². The van der Waals surface area contributed by atoms with Crippen LogP contribution in [-0.4, -0.2) is 87.1 Å². The summed E-state index contributed by atoms with van der Waals surface area (Å²) in [7, 11) is -3.07. The molecule has 20 heteroatoms. The van der Waals surface area contributed by atoms with Crippen LogP contribution in [0.2, 0.25) is 0 Å². The van der Waals surface area contributed by atoms with E-state index in [1.165, 1.54) is 19.2 Å². The van der Waals surface area contributed by atoms with Crippen molar-refractivity contribution in [3.63, 3.8) is 0 Å². The van der Waals surface area contributed by atoms with Crippen molar-refractivity contribution < 1.29 is 51.0 Å². The molecule has 2 aromatic heterocycles. The maximum Gasteiger partial charge on any atom is 0.418 e. The second-order valence-electron chi connectivity index (χ2n) is 11.0. The number of rotatable bonds is 15. The van der Waals surface area contributed by atoms with Crippen LogP contribution in [0.1, 0.15) is 31.5 Å². The summed E-state index contributed by atoms with van der Waals surface area (Å²) in [6.45, 7) is 5.59. The van der Waals surface area contributed by atoms with Gasteiger partial charge in [-0.15, -0.1) is 20.3 Å². The van der Waals surface area contributed by atoms with Crippen LogP contribution in [0, 0.1) is 6.92 Å². The number of benzene rings is 1. The highest BCUT2D eigenvalue weighted by Gasteiger charge is 2.58. The maximum absolute atomic E-state index is 13.2. The molecule has 18 nitrogen and oxygen atoms in total. The van der Waals surface area contributed by atoms with Gasteiger partial charge in [-0.3, -0.25) is 14.1 Å². The number of hydroxylamine groups is 2. The Kier molecular flexibility index (Phi) is 10.5. The summed E-state index contributed by atoms with van der Waals surface area (Å²) in [5.74, 6) is -3.11. The Morgan fingerprint density at radius 2 is 1.96 bits per heavy atom. The Morgan fingerprint density at radius 3 is 2.51 bits per heavy atom.